The Kier molecular flexibility index (Phi) is 9.85. The fraction of sp³-hybridized carbons (Fsp3) is 1.00. The van der Waals surface area contributed by atoms with Gasteiger partial charge in [0.1, 0.15) is 0 Å². The summed E-state index contributed by atoms with van der Waals surface area (Å²) in [6.07, 6.45) is 7.58. The van der Waals surface area contributed by atoms with E-state index in [4.69, 9.17) is 10.2 Å². The molecule has 4 unspecified atom stereocenters. The standard InChI is InChI=1S/C11H20.2C2H6O/c1-3-10-8-5-6-9(7-8)11(10)4-2;2*1-2-3/h8-11H,3-7H2,1-2H3;2*3H,2H2,1H3. The van der Waals surface area contributed by atoms with E-state index in [0.29, 0.717) is 0 Å². The molecule has 0 spiro atoms. The van der Waals surface area contributed by atoms with Gasteiger partial charge in [-0.3, -0.25) is 0 Å². The summed E-state index contributed by atoms with van der Waals surface area (Å²) in [7, 11) is 0. The zero-order chi connectivity index (χ0) is 13.3. The Bertz CT molecular complexity index is 152. The third kappa shape index (κ3) is 4.97. The highest BCUT2D eigenvalue weighted by molar-refractivity contribution is 4.94. The number of rotatable bonds is 2. The third-order valence-electron chi connectivity index (χ3n) is 4.22. The minimum atomic E-state index is 0.250. The highest BCUT2D eigenvalue weighted by atomic mass is 16.3. The summed E-state index contributed by atoms with van der Waals surface area (Å²) >= 11 is 0. The molecule has 0 aromatic rings. The fourth-order valence-electron chi connectivity index (χ4n) is 3.80. The number of hydrogen-bond donors (Lipinski definition) is 2. The first-order chi connectivity index (χ1) is 8.19. The molecule has 2 aliphatic rings. The second kappa shape index (κ2) is 9.90. The zero-order valence-electron chi connectivity index (χ0n) is 12.2. The average Bonchev–Trinajstić information content (AvgIpc) is 2.90. The van der Waals surface area contributed by atoms with Crippen molar-refractivity contribution in [2.45, 2.75) is 59.8 Å². The van der Waals surface area contributed by atoms with Crippen LogP contribution in [0.4, 0.5) is 0 Å². The molecule has 2 rings (SSSR count). The molecule has 0 saturated heterocycles. The topological polar surface area (TPSA) is 40.5 Å². The van der Waals surface area contributed by atoms with Gasteiger partial charge in [-0.05, 0) is 56.8 Å². The van der Waals surface area contributed by atoms with Crippen LogP contribution in [0.2, 0.25) is 0 Å². The summed E-state index contributed by atoms with van der Waals surface area (Å²) in [4.78, 5) is 0. The van der Waals surface area contributed by atoms with E-state index < -0.39 is 0 Å². The Hall–Kier alpha value is -0.0800. The molecule has 104 valence electrons. The van der Waals surface area contributed by atoms with Gasteiger partial charge in [-0.15, -0.1) is 0 Å². The van der Waals surface area contributed by atoms with Crippen molar-refractivity contribution in [2.75, 3.05) is 13.2 Å². The van der Waals surface area contributed by atoms with Gasteiger partial charge in [-0.1, -0.05) is 26.7 Å². The van der Waals surface area contributed by atoms with Crippen LogP contribution in [0.1, 0.15) is 59.8 Å². The van der Waals surface area contributed by atoms with E-state index in [1.165, 1.54) is 12.8 Å². The first-order valence-corrected chi connectivity index (χ1v) is 7.41. The number of aliphatic hydroxyl groups excluding tert-OH is 2. The SMILES string of the molecule is CCC1C2CCC(C2)C1CC.CCO.CCO. The molecule has 0 radical (unpaired) electrons. The molecule has 2 saturated carbocycles. The Morgan fingerprint density at radius 2 is 1.06 bits per heavy atom. The smallest absolute Gasteiger partial charge is 0.0402 e. The Morgan fingerprint density at radius 1 is 0.765 bits per heavy atom. The average molecular weight is 244 g/mol. The Labute approximate surface area is 107 Å². The summed E-state index contributed by atoms with van der Waals surface area (Å²) in [5.41, 5.74) is 0. The molecular formula is C15H32O2. The van der Waals surface area contributed by atoms with Crippen LogP contribution >= 0.6 is 0 Å². The molecule has 2 heteroatoms. The third-order valence-corrected chi connectivity index (χ3v) is 4.22. The second-order valence-corrected chi connectivity index (χ2v) is 5.11. The summed E-state index contributed by atoms with van der Waals surface area (Å²) < 4.78 is 0. The number of fused-ring (bicyclic) bond motifs is 2. The van der Waals surface area contributed by atoms with Crippen molar-refractivity contribution < 1.29 is 10.2 Å². The maximum atomic E-state index is 7.57. The summed E-state index contributed by atoms with van der Waals surface area (Å²) in [6.45, 7) is 8.63. The van der Waals surface area contributed by atoms with Gasteiger partial charge < -0.3 is 10.2 Å². The molecule has 0 amide bonds. The van der Waals surface area contributed by atoms with Crippen molar-refractivity contribution in [3.05, 3.63) is 0 Å². The van der Waals surface area contributed by atoms with Crippen LogP contribution in [0, 0.1) is 23.7 Å². The highest BCUT2D eigenvalue weighted by Crippen LogP contribution is 2.54. The van der Waals surface area contributed by atoms with E-state index in [1.807, 2.05) is 0 Å². The second-order valence-electron chi connectivity index (χ2n) is 5.11. The first-order valence-electron chi connectivity index (χ1n) is 7.41. The van der Waals surface area contributed by atoms with Crippen molar-refractivity contribution in [1.82, 2.24) is 0 Å². The van der Waals surface area contributed by atoms with E-state index in [-0.39, 0.29) is 13.2 Å². The molecule has 0 aromatic heterocycles. The fourth-order valence-corrected chi connectivity index (χ4v) is 3.80. The van der Waals surface area contributed by atoms with Gasteiger partial charge in [0.15, 0.2) is 0 Å². The molecule has 0 aromatic carbocycles. The van der Waals surface area contributed by atoms with Crippen LogP contribution in [0.3, 0.4) is 0 Å². The molecule has 2 fully saturated rings. The van der Waals surface area contributed by atoms with Crippen molar-refractivity contribution in [2.24, 2.45) is 23.7 Å². The molecule has 2 aliphatic carbocycles. The largest absolute Gasteiger partial charge is 0.397 e. The minimum Gasteiger partial charge on any atom is -0.397 e. The first kappa shape index (κ1) is 16.9. The van der Waals surface area contributed by atoms with Crippen molar-refractivity contribution in [1.29, 1.82) is 0 Å². The molecular weight excluding hydrogens is 212 g/mol. The maximum absolute atomic E-state index is 7.57. The highest BCUT2D eigenvalue weighted by Gasteiger charge is 2.45. The van der Waals surface area contributed by atoms with Crippen LogP contribution < -0.4 is 0 Å². The number of hydrogen-bond acceptors (Lipinski definition) is 2. The van der Waals surface area contributed by atoms with Gasteiger partial charge in [0.05, 0.1) is 0 Å². The monoisotopic (exact) mass is 244 g/mol. The van der Waals surface area contributed by atoms with Gasteiger partial charge in [0.2, 0.25) is 0 Å². The Morgan fingerprint density at radius 3 is 1.29 bits per heavy atom. The lowest BCUT2D eigenvalue weighted by Gasteiger charge is -2.29. The van der Waals surface area contributed by atoms with Crippen molar-refractivity contribution >= 4 is 0 Å². The molecule has 2 N–H and O–H groups in total. The zero-order valence-corrected chi connectivity index (χ0v) is 12.2. The van der Waals surface area contributed by atoms with Crippen LogP contribution in [0.5, 0.6) is 0 Å². The Balaban J connectivity index is 0.000000366. The summed E-state index contributed by atoms with van der Waals surface area (Å²) in [5, 5.41) is 15.1. The molecule has 2 bridgehead atoms. The predicted octanol–water partition coefficient (Wildman–Crippen LogP) is 3.47. The number of aliphatic hydroxyl groups is 2. The molecule has 2 nitrogen and oxygen atoms in total. The van der Waals surface area contributed by atoms with Crippen molar-refractivity contribution in [3.8, 4) is 0 Å². The van der Waals surface area contributed by atoms with Crippen molar-refractivity contribution in [3.63, 3.8) is 0 Å². The summed E-state index contributed by atoms with van der Waals surface area (Å²) in [6, 6.07) is 0. The van der Waals surface area contributed by atoms with E-state index >= 15 is 0 Å². The van der Waals surface area contributed by atoms with E-state index in [1.54, 1.807) is 33.1 Å². The van der Waals surface area contributed by atoms with Gasteiger partial charge >= 0.3 is 0 Å². The molecule has 4 atom stereocenters. The summed E-state index contributed by atoms with van der Waals surface area (Å²) in [5.74, 6) is 4.49. The van der Waals surface area contributed by atoms with Crippen LogP contribution in [0.15, 0.2) is 0 Å². The lowest BCUT2D eigenvalue weighted by Crippen LogP contribution is -2.20. The molecule has 17 heavy (non-hydrogen) atoms. The van der Waals surface area contributed by atoms with E-state index in [0.717, 1.165) is 23.7 Å². The van der Waals surface area contributed by atoms with Crippen LogP contribution in [0.25, 0.3) is 0 Å². The predicted molar refractivity (Wildman–Crippen MR) is 73.9 cm³/mol. The molecule has 0 aliphatic heterocycles. The van der Waals surface area contributed by atoms with Gasteiger partial charge in [0, 0.05) is 13.2 Å². The van der Waals surface area contributed by atoms with E-state index in [9.17, 15) is 0 Å². The lowest BCUT2D eigenvalue weighted by molar-refractivity contribution is 0.209. The maximum Gasteiger partial charge on any atom is 0.0402 e. The van der Waals surface area contributed by atoms with Crippen LogP contribution in [-0.4, -0.2) is 23.4 Å². The van der Waals surface area contributed by atoms with E-state index in [2.05, 4.69) is 13.8 Å². The van der Waals surface area contributed by atoms with Gasteiger partial charge in [0.25, 0.3) is 0 Å². The molecule has 0 heterocycles. The normalized spacial score (nSPS) is 33.5. The minimum absolute atomic E-state index is 0.250. The van der Waals surface area contributed by atoms with Crippen LogP contribution in [-0.2, 0) is 0 Å². The van der Waals surface area contributed by atoms with Gasteiger partial charge in [-0.2, -0.15) is 0 Å². The quantitative estimate of drug-likeness (QED) is 0.781. The van der Waals surface area contributed by atoms with Gasteiger partial charge in [-0.25, -0.2) is 0 Å². The lowest BCUT2D eigenvalue weighted by atomic mass is 9.77.